The Kier molecular flexibility index (Phi) is 6.98. The molecule has 1 saturated heterocycles. The lowest BCUT2D eigenvalue weighted by Gasteiger charge is -2.14. The molecule has 3 nitrogen and oxygen atoms in total. The second-order valence-corrected chi connectivity index (χ2v) is 4.43. The third-order valence-corrected chi connectivity index (χ3v) is 3.07. The summed E-state index contributed by atoms with van der Waals surface area (Å²) < 4.78 is 5.52. The van der Waals surface area contributed by atoms with Gasteiger partial charge in [0, 0.05) is 13.2 Å². The molecule has 0 aromatic carbocycles. The molecule has 0 radical (unpaired) electrons. The minimum Gasteiger partial charge on any atom is -0.378 e. The van der Waals surface area contributed by atoms with Gasteiger partial charge in [0.25, 0.3) is 0 Å². The van der Waals surface area contributed by atoms with Crippen LogP contribution >= 0.6 is 0 Å². The van der Waals surface area contributed by atoms with Crippen molar-refractivity contribution in [2.75, 3.05) is 32.8 Å². The van der Waals surface area contributed by atoms with E-state index in [-0.39, 0.29) is 0 Å². The van der Waals surface area contributed by atoms with E-state index < -0.39 is 0 Å². The van der Waals surface area contributed by atoms with Crippen molar-refractivity contribution in [3.8, 4) is 0 Å². The highest BCUT2D eigenvalue weighted by Crippen LogP contribution is 2.18. The molecule has 15 heavy (non-hydrogen) atoms. The Bertz CT molecular complexity index is 153. The van der Waals surface area contributed by atoms with Gasteiger partial charge >= 0.3 is 0 Å². The van der Waals surface area contributed by atoms with Gasteiger partial charge in [-0.3, -0.25) is 0 Å². The summed E-state index contributed by atoms with van der Waals surface area (Å²) in [6, 6.07) is 0. The Morgan fingerprint density at radius 3 is 2.67 bits per heavy atom. The number of ether oxygens (including phenoxy) is 1. The van der Waals surface area contributed by atoms with E-state index in [1.54, 1.807) is 0 Å². The molecule has 2 N–H and O–H groups in total. The molecule has 1 heterocycles. The van der Waals surface area contributed by atoms with Crippen molar-refractivity contribution >= 4 is 0 Å². The van der Waals surface area contributed by atoms with Crippen molar-refractivity contribution < 1.29 is 4.74 Å². The highest BCUT2D eigenvalue weighted by atomic mass is 16.5. The lowest BCUT2D eigenvalue weighted by atomic mass is 10.0. The quantitative estimate of drug-likeness (QED) is 0.599. The Hall–Kier alpha value is -0.120. The fourth-order valence-electron chi connectivity index (χ4n) is 1.97. The van der Waals surface area contributed by atoms with Crippen LogP contribution in [0.2, 0.25) is 0 Å². The van der Waals surface area contributed by atoms with Crippen molar-refractivity contribution in [2.24, 2.45) is 5.92 Å². The predicted octanol–water partition coefficient (Wildman–Crippen LogP) is 1.39. The highest BCUT2D eigenvalue weighted by Gasteiger charge is 2.23. The lowest BCUT2D eigenvalue weighted by Crippen LogP contribution is -2.29. The van der Waals surface area contributed by atoms with Crippen molar-refractivity contribution in [1.29, 1.82) is 0 Å². The van der Waals surface area contributed by atoms with E-state index in [9.17, 15) is 0 Å². The molecule has 1 fully saturated rings. The summed E-state index contributed by atoms with van der Waals surface area (Å²) in [4.78, 5) is 0. The first-order chi connectivity index (χ1) is 7.34. The molecular weight excluding hydrogens is 188 g/mol. The summed E-state index contributed by atoms with van der Waals surface area (Å²) in [6.45, 7) is 9.86. The standard InChI is InChI=1S/C12H26N2O/c1-3-6-13-7-4-8-14-10-12-5-9-15-11(12)2/h11-14H,3-10H2,1-2H3. The summed E-state index contributed by atoms with van der Waals surface area (Å²) >= 11 is 0. The second kappa shape index (κ2) is 8.08. The third-order valence-electron chi connectivity index (χ3n) is 3.07. The molecule has 0 aromatic heterocycles. The van der Waals surface area contributed by atoms with Gasteiger partial charge in [-0.25, -0.2) is 0 Å². The van der Waals surface area contributed by atoms with Crippen LogP contribution in [0.5, 0.6) is 0 Å². The number of hydrogen-bond donors (Lipinski definition) is 2. The van der Waals surface area contributed by atoms with Crippen LogP contribution < -0.4 is 10.6 Å². The van der Waals surface area contributed by atoms with Crippen LogP contribution in [-0.4, -0.2) is 38.9 Å². The largest absolute Gasteiger partial charge is 0.378 e. The molecule has 90 valence electrons. The smallest absolute Gasteiger partial charge is 0.0588 e. The molecule has 0 saturated carbocycles. The number of nitrogens with one attached hydrogen (secondary N) is 2. The van der Waals surface area contributed by atoms with E-state index in [0.29, 0.717) is 6.10 Å². The maximum absolute atomic E-state index is 5.52. The Morgan fingerprint density at radius 1 is 1.20 bits per heavy atom. The van der Waals surface area contributed by atoms with E-state index in [4.69, 9.17) is 4.74 Å². The lowest BCUT2D eigenvalue weighted by molar-refractivity contribution is 0.105. The fraction of sp³-hybridized carbons (Fsp3) is 1.00. The topological polar surface area (TPSA) is 33.3 Å². The zero-order valence-corrected chi connectivity index (χ0v) is 10.2. The van der Waals surface area contributed by atoms with Gasteiger partial charge in [-0.1, -0.05) is 6.92 Å². The fourth-order valence-corrected chi connectivity index (χ4v) is 1.97. The molecule has 3 heteroatoms. The monoisotopic (exact) mass is 214 g/mol. The molecule has 1 rings (SSSR count). The molecule has 0 bridgehead atoms. The highest BCUT2D eigenvalue weighted by molar-refractivity contribution is 4.74. The number of rotatable bonds is 8. The summed E-state index contributed by atoms with van der Waals surface area (Å²) in [5.41, 5.74) is 0. The van der Waals surface area contributed by atoms with Crippen LogP contribution in [0.4, 0.5) is 0 Å². The van der Waals surface area contributed by atoms with Gasteiger partial charge in [-0.05, 0) is 51.7 Å². The van der Waals surface area contributed by atoms with Crippen LogP contribution in [0.25, 0.3) is 0 Å². The van der Waals surface area contributed by atoms with Gasteiger partial charge in [-0.2, -0.15) is 0 Å². The molecule has 0 amide bonds. The van der Waals surface area contributed by atoms with E-state index in [1.807, 2.05) is 0 Å². The SMILES string of the molecule is CCCNCCCNCC1CCOC1C. The van der Waals surface area contributed by atoms with E-state index >= 15 is 0 Å². The van der Waals surface area contributed by atoms with E-state index in [1.165, 1.54) is 19.3 Å². The van der Waals surface area contributed by atoms with Gasteiger partial charge in [0.15, 0.2) is 0 Å². The zero-order chi connectivity index (χ0) is 10.9. The average Bonchev–Trinajstić information content (AvgIpc) is 2.63. The first-order valence-electron chi connectivity index (χ1n) is 6.37. The summed E-state index contributed by atoms with van der Waals surface area (Å²) in [7, 11) is 0. The van der Waals surface area contributed by atoms with Gasteiger partial charge in [0.1, 0.15) is 0 Å². The van der Waals surface area contributed by atoms with E-state index in [0.717, 1.165) is 38.7 Å². The minimum atomic E-state index is 0.454. The van der Waals surface area contributed by atoms with Crippen molar-refractivity contribution in [3.05, 3.63) is 0 Å². The molecule has 1 aliphatic heterocycles. The summed E-state index contributed by atoms with van der Waals surface area (Å²) in [6.07, 6.45) is 4.13. The maximum Gasteiger partial charge on any atom is 0.0588 e. The van der Waals surface area contributed by atoms with E-state index in [2.05, 4.69) is 24.5 Å². The van der Waals surface area contributed by atoms with Gasteiger partial charge in [0.2, 0.25) is 0 Å². The van der Waals surface area contributed by atoms with Crippen molar-refractivity contribution in [2.45, 2.75) is 39.2 Å². The predicted molar refractivity (Wildman–Crippen MR) is 64.2 cm³/mol. The minimum absolute atomic E-state index is 0.454. The molecule has 1 aliphatic rings. The molecule has 2 unspecified atom stereocenters. The zero-order valence-electron chi connectivity index (χ0n) is 10.2. The first-order valence-corrected chi connectivity index (χ1v) is 6.37. The number of hydrogen-bond acceptors (Lipinski definition) is 3. The van der Waals surface area contributed by atoms with Crippen LogP contribution in [0.1, 0.15) is 33.1 Å². The van der Waals surface area contributed by atoms with Gasteiger partial charge < -0.3 is 15.4 Å². The Morgan fingerprint density at radius 2 is 2.00 bits per heavy atom. The summed E-state index contributed by atoms with van der Waals surface area (Å²) in [5.74, 6) is 0.730. The van der Waals surface area contributed by atoms with Crippen LogP contribution in [0, 0.1) is 5.92 Å². The molecule has 2 atom stereocenters. The van der Waals surface area contributed by atoms with Crippen molar-refractivity contribution in [3.63, 3.8) is 0 Å². The molecular formula is C12H26N2O. The first kappa shape index (κ1) is 12.9. The van der Waals surface area contributed by atoms with Crippen LogP contribution in [0.15, 0.2) is 0 Å². The van der Waals surface area contributed by atoms with Gasteiger partial charge in [-0.15, -0.1) is 0 Å². The third kappa shape index (κ3) is 5.50. The Balaban J connectivity index is 1.84. The van der Waals surface area contributed by atoms with Gasteiger partial charge in [0.05, 0.1) is 6.10 Å². The average molecular weight is 214 g/mol. The molecule has 0 aromatic rings. The second-order valence-electron chi connectivity index (χ2n) is 4.43. The summed E-state index contributed by atoms with van der Waals surface area (Å²) in [5, 5.41) is 6.92. The Labute approximate surface area is 94.0 Å². The van der Waals surface area contributed by atoms with Crippen LogP contribution in [0.3, 0.4) is 0 Å². The van der Waals surface area contributed by atoms with Crippen LogP contribution in [-0.2, 0) is 4.74 Å². The maximum atomic E-state index is 5.52. The molecule has 0 aliphatic carbocycles. The van der Waals surface area contributed by atoms with Crippen molar-refractivity contribution in [1.82, 2.24) is 10.6 Å². The molecule has 0 spiro atoms. The normalized spacial score (nSPS) is 26.0.